The van der Waals surface area contributed by atoms with Crippen LogP contribution in [0.15, 0.2) is 16.7 Å². The largest absolute Gasteiger partial charge is 0.348 e. The Morgan fingerprint density at radius 2 is 2.05 bits per heavy atom. The van der Waals surface area contributed by atoms with Crippen molar-refractivity contribution in [2.24, 2.45) is 11.8 Å². The van der Waals surface area contributed by atoms with Crippen LogP contribution in [0.1, 0.15) is 56.1 Å². The Hall–Kier alpha value is -0.770. The summed E-state index contributed by atoms with van der Waals surface area (Å²) in [6.45, 7) is 4.53. The quantitative estimate of drug-likeness (QED) is 0.902. The monoisotopic (exact) mass is 324 g/mol. The van der Waals surface area contributed by atoms with E-state index in [0.29, 0.717) is 23.9 Å². The first kappa shape index (κ1) is 13.2. The van der Waals surface area contributed by atoms with Gasteiger partial charge in [0.25, 0.3) is 5.91 Å². The number of carbonyl (C=O) groups is 1. The van der Waals surface area contributed by atoms with Gasteiger partial charge >= 0.3 is 0 Å². The zero-order valence-electron chi connectivity index (χ0n) is 11.5. The van der Waals surface area contributed by atoms with Gasteiger partial charge in [0.05, 0.1) is 0 Å². The average Bonchev–Trinajstić information content (AvgIpc) is 3.09. The van der Waals surface area contributed by atoms with E-state index in [1.807, 2.05) is 12.3 Å². The summed E-state index contributed by atoms with van der Waals surface area (Å²) in [7, 11) is 0. The predicted molar refractivity (Wildman–Crippen MR) is 79.2 cm³/mol. The molecule has 104 valence electrons. The van der Waals surface area contributed by atoms with Gasteiger partial charge in [0.2, 0.25) is 0 Å². The van der Waals surface area contributed by atoms with E-state index in [0.717, 1.165) is 16.6 Å². The van der Waals surface area contributed by atoms with Crippen molar-refractivity contribution >= 4 is 21.8 Å². The highest BCUT2D eigenvalue weighted by Gasteiger charge is 2.33. The summed E-state index contributed by atoms with van der Waals surface area (Å²) in [6.07, 6.45) is 6.75. The minimum atomic E-state index is 0.0866. The first-order valence-corrected chi connectivity index (χ1v) is 8.04. The Morgan fingerprint density at radius 3 is 2.63 bits per heavy atom. The zero-order valence-corrected chi connectivity index (χ0v) is 13.1. The number of hydrogen-bond acceptors (Lipinski definition) is 1. The fourth-order valence-corrected chi connectivity index (χ4v) is 3.53. The van der Waals surface area contributed by atoms with Gasteiger partial charge in [0.15, 0.2) is 0 Å². The van der Waals surface area contributed by atoms with E-state index >= 15 is 0 Å². The van der Waals surface area contributed by atoms with Gasteiger partial charge in [0.1, 0.15) is 5.69 Å². The summed E-state index contributed by atoms with van der Waals surface area (Å²) in [5, 5.41) is 3.23. The third-order valence-electron chi connectivity index (χ3n) is 4.77. The first-order chi connectivity index (χ1) is 9.06. The fourth-order valence-electron chi connectivity index (χ4n) is 3.09. The maximum Gasteiger partial charge on any atom is 0.268 e. The number of amides is 1. The normalized spacial score (nSPS) is 30.6. The highest BCUT2D eigenvalue weighted by molar-refractivity contribution is 9.10. The predicted octanol–water partition coefficient (Wildman–Crippen LogP) is 3.75. The van der Waals surface area contributed by atoms with Crippen LogP contribution in [-0.4, -0.2) is 16.5 Å². The molecule has 0 bridgehead atoms. The van der Waals surface area contributed by atoms with Crippen molar-refractivity contribution in [3.8, 4) is 0 Å². The lowest BCUT2D eigenvalue weighted by Crippen LogP contribution is -2.38. The molecule has 2 aliphatic rings. The van der Waals surface area contributed by atoms with Crippen LogP contribution in [0.3, 0.4) is 0 Å². The van der Waals surface area contributed by atoms with Crippen LogP contribution >= 0.6 is 15.9 Å². The number of aromatic nitrogens is 1. The van der Waals surface area contributed by atoms with Gasteiger partial charge in [-0.15, -0.1) is 0 Å². The van der Waals surface area contributed by atoms with Crippen molar-refractivity contribution in [3.05, 3.63) is 22.4 Å². The number of nitrogens with zero attached hydrogens (tertiary/aromatic N) is 1. The third-order valence-corrected chi connectivity index (χ3v) is 5.20. The van der Waals surface area contributed by atoms with Crippen molar-refractivity contribution in [2.75, 3.05) is 0 Å². The summed E-state index contributed by atoms with van der Waals surface area (Å²) in [6, 6.07) is 2.81. The van der Waals surface area contributed by atoms with Crippen LogP contribution in [0.4, 0.5) is 0 Å². The first-order valence-electron chi connectivity index (χ1n) is 7.24. The number of hydrogen-bond donors (Lipinski definition) is 1. The Labute approximate surface area is 122 Å². The van der Waals surface area contributed by atoms with Crippen LogP contribution in [0.5, 0.6) is 0 Å². The minimum absolute atomic E-state index is 0.0866. The van der Waals surface area contributed by atoms with Crippen molar-refractivity contribution in [1.29, 1.82) is 0 Å². The lowest BCUT2D eigenvalue weighted by Gasteiger charge is -2.20. The van der Waals surface area contributed by atoms with Gasteiger partial charge in [-0.3, -0.25) is 4.79 Å². The molecule has 0 aromatic carbocycles. The van der Waals surface area contributed by atoms with Gasteiger partial charge in [0, 0.05) is 22.8 Å². The summed E-state index contributed by atoms with van der Waals surface area (Å²) in [5.41, 5.74) is 0.807. The zero-order chi connectivity index (χ0) is 13.6. The van der Waals surface area contributed by atoms with E-state index in [4.69, 9.17) is 0 Å². The SMILES string of the molecule is CC1CCC(NC(=O)c2cc(Br)cn2C2CC2)C1C. The summed E-state index contributed by atoms with van der Waals surface area (Å²) in [4.78, 5) is 12.5. The van der Waals surface area contributed by atoms with E-state index < -0.39 is 0 Å². The highest BCUT2D eigenvalue weighted by Crippen LogP contribution is 2.38. The molecule has 1 aromatic rings. The van der Waals surface area contributed by atoms with Crippen LogP contribution in [0.25, 0.3) is 0 Å². The van der Waals surface area contributed by atoms with Gasteiger partial charge in [-0.1, -0.05) is 13.8 Å². The van der Waals surface area contributed by atoms with Crippen molar-refractivity contribution in [3.63, 3.8) is 0 Å². The maximum atomic E-state index is 12.5. The van der Waals surface area contributed by atoms with E-state index in [1.165, 1.54) is 19.3 Å². The van der Waals surface area contributed by atoms with Crippen LogP contribution in [0.2, 0.25) is 0 Å². The summed E-state index contributed by atoms with van der Waals surface area (Å²) < 4.78 is 3.13. The number of halogens is 1. The molecule has 0 radical (unpaired) electrons. The molecule has 1 amide bonds. The molecule has 0 spiro atoms. The Balaban J connectivity index is 1.73. The standard InChI is InChI=1S/C15H21BrN2O/c1-9-3-6-13(10(9)2)17-15(19)14-7-11(16)8-18(14)12-4-5-12/h7-10,12-13H,3-6H2,1-2H3,(H,17,19). The number of carbonyl (C=O) groups excluding carboxylic acids is 1. The topological polar surface area (TPSA) is 34.0 Å². The van der Waals surface area contributed by atoms with Crippen molar-refractivity contribution < 1.29 is 4.79 Å². The molecule has 19 heavy (non-hydrogen) atoms. The third kappa shape index (κ3) is 2.60. The molecule has 3 unspecified atom stereocenters. The summed E-state index contributed by atoms with van der Waals surface area (Å²) >= 11 is 3.48. The molecule has 2 aliphatic carbocycles. The molecule has 3 rings (SSSR count). The molecule has 0 aliphatic heterocycles. The fraction of sp³-hybridized carbons (Fsp3) is 0.667. The highest BCUT2D eigenvalue weighted by atomic mass is 79.9. The lowest BCUT2D eigenvalue weighted by atomic mass is 9.98. The van der Waals surface area contributed by atoms with Gasteiger partial charge in [-0.25, -0.2) is 0 Å². The molecule has 3 nitrogen and oxygen atoms in total. The molecule has 1 aromatic heterocycles. The Morgan fingerprint density at radius 1 is 1.32 bits per heavy atom. The molecular formula is C15H21BrN2O. The second-order valence-corrected chi connectivity index (χ2v) is 7.09. The minimum Gasteiger partial charge on any atom is -0.348 e. The van der Waals surface area contributed by atoms with Gasteiger partial charge in [-0.2, -0.15) is 0 Å². The van der Waals surface area contributed by atoms with Crippen molar-refractivity contribution in [1.82, 2.24) is 9.88 Å². The molecule has 1 N–H and O–H groups in total. The van der Waals surface area contributed by atoms with Gasteiger partial charge in [-0.05, 0) is 59.5 Å². The smallest absolute Gasteiger partial charge is 0.268 e. The molecule has 0 saturated heterocycles. The maximum absolute atomic E-state index is 12.5. The Bertz CT molecular complexity index is 492. The molecule has 3 atom stereocenters. The van der Waals surface area contributed by atoms with E-state index in [1.54, 1.807) is 0 Å². The second kappa shape index (κ2) is 4.97. The van der Waals surface area contributed by atoms with Crippen LogP contribution in [-0.2, 0) is 0 Å². The van der Waals surface area contributed by atoms with Crippen LogP contribution in [0, 0.1) is 11.8 Å². The summed E-state index contributed by atoms with van der Waals surface area (Å²) in [5.74, 6) is 1.38. The van der Waals surface area contributed by atoms with Crippen molar-refractivity contribution in [2.45, 2.75) is 51.6 Å². The van der Waals surface area contributed by atoms with Gasteiger partial charge < -0.3 is 9.88 Å². The van der Waals surface area contributed by atoms with E-state index in [-0.39, 0.29) is 5.91 Å². The molecule has 2 saturated carbocycles. The van der Waals surface area contributed by atoms with E-state index in [9.17, 15) is 4.79 Å². The molecular weight excluding hydrogens is 304 g/mol. The second-order valence-electron chi connectivity index (χ2n) is 6.18. The number of nitrogens with one attached hydrogen (secondary N) is 1. The molecule has 2 fully saturated rings. The molecule has 4 heteroatoms. The lowest BCUT2D eigenvalue weighted by molar-refractivity contribution is 0.0917. The Kier molecular flexibility index (Phi) is 3.46. The van der Waals surface area contributed by atoms with E-state index in [2.05, 4.69) is 39.7 Å². The average molecular weight is 325 g/mol. The van der Waals surface area contributed by atoms with Crippen LogP contribution < -0.4 is 5.32 Å². The molecule has 1 heterocycles. The number of rotatable bonds is 3.